The van der Waals surface area contributed by atoms with Crippen LogP contribution in [0.3, 0.4) is 0 Å². The Morgan fingerprint density at radius 2 is 2.07 bits per heavy atom. The first-order valence-corrected chi connectivity index (χ1v) is 9.70. The Hall–Kier alpha value is -2.12. The summed E-state index contributed by atoms with van der Waals surface area (Å²) in [4.78, 5) is 8.88. The molecule has 0 saturated carbocycles. The first-order valence-electron chi connectivity index (χ1n) is 9.32. The molecule has 0 amide bonds. The third-order valence-electron chi connectivity index (χ3n) is 5.02. The highest BCUT2D eigenvalue weighted by molar-refractivity contribution is 6.31. The highest BCUT2D eigenvalue weighted by Gasteiger charge is 2.36. The average Bonchev–Trinajstić information content (AvgIpc) is 3.10. The van der Waals surface area contributed by atoms with E-state index in [2.05, 4.69) is 38.7 Å². The Bertz CT molecular complexity index is 769. The molecule has 0 radical (unpaired) electrons. The van der Waals surface area contributed by atoms with Gasteiger partial charge in [-0.2, -0.15) is 5.10 Å². The summed E-state index contributed by atoms with van der Waals surface area (Å²) in [5, 5.41) is 11.7. The predicted octanol–water partition coefficient (Wildman–Crippen LogP) is 2.27. The van der Waals surface area contributed by atoms with Crippen molar-refractivity contribution in [2.24, 2.45) is 12.0 Å². The highest BCUT2D eigenvalue weighted by Crippen LogP contribution is 2.38. The Labute approximate surface area is 165 Å². The van der Waals surface area contributed by atoms with Crippen LogP contribution in [-0.2, 0) is 23.7 Å². The monoisotopic (exact) mass is 390 g/mol. The van der Waals surface area contributed by atoms with Crippen molar-refractivity contribution in [2.75, 3.05) is 26.3 Å². The number of hydrogen-bond donors (Lipinski definition) is 2. The summed E-state index contributed by atoms with van der Waals surface area (Å²) in [7, 11) is 1.87. The molecule has 0 bridgehead atoms. The fraction of sp³-hybridized carbons (Fsp3) is 0.526. The molecule has 146 valence electrons. The second-order valence-electron chi connectivity index (χ2n) is 6.72. The second-order valence-corrected chi connectivity index (χ2v) is 7.13. The largest absolute Gasteiger partial charge is 0.381 e. The summed E-state index contributed by atoms with van der Waals surface area (Å²) in [5.41, 5.74) is 1.10. The van der Waals surface area contributed by atoms with Crippen LogP contribution in [-0.4, -0.2) is 47.0 Å². The molecule has 2 heterocycles. The molecule has 1 aliphatic rings. The van der Waals surface area contributed by atoms with Gasteiger partial charge in [0.25, 0.3) is 0 Å². The molecule has 3 rings (SSSR count). The molecule has 1 aliphatic heterocycles. The van der Waals surface area contributed by atoms with Gasteiger partial charge in [-0.15, -0.1) is 0 Å². The van der Waals surface area contributed by atoms with Crippen LogP contribution in [0.5, 0.6) is 0 Å². The normalized spacial score (nSPS) is 16.9. The van der Waals surface area contributed by atoms with E-state index in [1.807, 2.05) is 25.2 Å². The van der Waals surface area contributed by atoms with E-state index in [1.165, 1.54) is 5.56 Å². The number of halogens is 1. The van der Waals surface area contributed by atoms with Gasteiger partial charge in [-0.25, -0.2) is 9.98 Å². The SMILES string of the molecule is CCNC(=NCc1ncnn1C)NCC1(c2ccccc2Cl)CCOCC1. The van der Waals surface area contributed by atoms with Gasteiger partial charge in [-0.1, -0.05) is 29.8 Å². The Balaban J connectivity index is 1.76. The molecular weight excluding hydrogens is 364 g/mol. The third kappa shape index (κ3) is 4.78. The standard InChI is InChI=1S/C19H27ClN6O/c1-3-21-18(22-12-17-24-14-25-26(17)2)23-13-19(8-10-27-11-9-19)15-6-4-5-7-16(15)20/h4-7,14H,3,8-13H2,1-2H3,(H2,21,22,23). The van der Waals surface area contributed by atoms with Crippen LogP contribution < -0.4 is 10.6 Å². The molecule has 2 N–H and O–H groups in total. The summed E-state index contributed by atoms with van der Waals surface area (Å²) in [6, 6.07) is 8.10. The van der Waals surface area contributed by atoms with Crippen LogP contribution in [0.25, 0.3) is 0 Å². The lowest BCUT2D eigenvalue weighted by Crippen LogP contribution is -2.48. The summed E-state index contributed by atoms with van der Waals surface area (Å²) in [6.07, 6.45) is 3.39. The smallest absolute Gasteiger partial charge is 0.191 e. The lowest BCUT2D eigenvalue weighted by Gasteiger charge is -2.38. The molecule has 0 unspecified atom stereocenters. The maximum atomic E-state index is 6.54. The number of ether oxygens (including phenoxy) is 1. The zero-order chi connectivity index (χ0) is 19.1. The predicted molar refractivity (Wildman–Crippen MR) is 107 cm³/mol. The van der Waals surface area contributed by atoms with Crippen LogP contribution in [0.4, 0.5) is 0 Å². The first-order chi connectivity index (χ1) is 13.1. The number of benzene rings is 1. The molecule has 0 atom stereocenters. The van der Waals surface area contributed by atoms with E-state index < -0.39 is 0 Å². The average molecular weight is 391 g/mol. The quantitative estimate of drug-likeness (QED) is 0.584. The lowest BCUT2D eigenvalue weighted by molar-refractivity contribution is 0.0514. The lowest BCUT2D eigenvalue weighted by atomic mass is 9.74. The maximum Gasteiger partial charge on any atom is 0.191 e. The van der Waals surface area contributed by atoms with Gasteiger partial charge in [0.05, 0.1) is 0 Å². The van der Waals surface area contributed by atoms with E-state index in [9.17, 15) is 0 Å². The van der Waals surface area contributed by atoms with Gasteiger partial charge in [-0.05, 0) is 31.4 Å². The minimum absolute atomic E-state index is 0.0719. The van der Waals surface area contributed by atoms with Gasteiger partial charge < -0.3 is 15.4 Å². The molecule has 27 heavy (non-hydrogen) atoms. The minimum Gasteiger partial charge on any atom is -0.381 e. The van der Waals surface area contributed by atoms with Gasteiger partial charge in [-0.3, -0.25) is 4.68 Å². The third-order valence-corrected chi connectivity index (χ3v) is 5.35. The summed E-state index contributed by atoms with van der Waals surface area (Å²) in [6.45, 7) is 5.52. The van der Waals surface area contributed by atoms with Gasteiger partial charge in [0.2, 0.25) is 0 Å². The highest BCUT2D eigenvalue weighted by atomic mass is 35.5. The fourth-order valence-corrected chi connectivity index (χ4v) is 3.74. The molecule has 1 aromatic heterocycles. The topological polar surface area (TPSA) is 76.4 Å². The maximum absolute atomic E-state index is 6.54. The molecule has 1 fully saturated rings. The van der Waals surface area contributed by atoms with Crippen molar-refractivity contribution in [3.05, 3.63) is 47.0 Å². The second kappa shape index (κ2) is 9.19. The number of guanidine groups is 1. The molecule has 1 saturated heterocycles. The van der Waals surface area contributed by atoms with Gasteiger partial charge in [0.1, 0.15) is 18.7 Å². The van der Waals surface area contributed by atoms with Gasteiger partial charge in [0.15, 0.2) is 5.96 Å². The van der Waals surface area contributed by atoms with Crippen molar-refractivity contribution in [3.8, 4) is 0 Å². The first kappa shape index (κ1) is 19.6. The number of aromatic nitrogens is 3. The molecule has 8 heteroatoms. The van der Waals surface area contributed by atoms with Crippen LogP contribution in [0.15, 0.2) is 35.6 Å². The van der Waals surface area contributed by atoms with Crippen LogP contribution in [0.2, 0.25) is 5.02 Å². The Morgan fingerprint density at radius 1 is 1.30 bits per heavy atom. The van der Waals surface area contributed by atoms with Crippen molar-refractivity contribution in [2.45, 2.75) is 31.7 Å². The fourth-order valence-electron chi connectivity index (χ4n) is 3.40. The molecule has 2 aromatic rings. The van der Waals surface area contributed by atoms with Crippen LogP contribution in [0.1, 0.15) is 31.2 Å². The number of aryl methyl sites for hydroxylation is 1. The zero-order valence-corrected chi connectivity index (χ0v) is 16.7. The summed E-state index contributed by atoms with van der Waals surface area (Å²) >= 11 is 6.54. The number of aliphatic imine (C=N–C) groups is 1. The number of nitrogens with one attached hydrogen (secondary N) is 2. The van der Waals surface area contributed by atoms with E-state index in [-0.39, 0.29) is 5.41 Å². The van der Waals surface area contributed by atoms with Crippen molar-refractivity contribution >= 4 is 17.6 Å². The van der Waals surface area contributed by atoms with E-state index in [0.717, 1.165) is 56.0 Å². The zero-order valence-electron chi connectivity index (χ0n) is 15.9. The number of hydrogen-bond acceptors (Lipinski definition) is 4. The van der Waals surface area contributed by atoms with Crippen molar-refractivity contribution < 1.29 is 4.74 Å². The van der Waals surface area contributed by atoms with Gasteiger partial charge >= 0.3 is 0 Å². The van der Waals surface area contributed by atoms with Crippen molar-refractivity contribution in [3.63, 3.8) is 0 Å². The number of rotatable bonds is 6. The molecule has 0 aliphatic carbocycles. The number of nitrogens with zero attached hydrogens (tertiary/aromatic N) is 4. The van der Waals surface area contributed by atoms with E-state index in [1.54, 1.807) is 11.0 Å². The van der Waals surface area contributed by atoms with E-state index >= 15 is 0 Å². The Morgan fingerprint density at radius 3 is 2.74 bits per heavy atom. The van der Waals surface area contributed by atoms with Crippen molar-refractivity contribution in [1.82, 2.24) is 25.4 Å². The van der Waals surface area contributed by atoms with Crippen molar-refractivity contribution in [1.29, 1.82) is 0 Å². The van der Waals surface area contributed by atoms with Crippen LogP contribution in [0, 0.1) is 0 Å². The Kier molecular flexibility index (Phi) is 6.68. The minimum atomic E-state index is -0.0719. The molecule has 7 nitrogen and oxygen atoms in total. The summed E-state index contributed by atoms with van der Waals surface area (Å²) < 4.78 is 7.35. The molecular formula is C19H27ClN6O. The van der Waals surface area contributed by atoms with E-state index in [0.29, 0.717) is 6.54 Å². The molecule has 1 aromatic carbocycles. The van der Waals surface area contributed by atoms with Gasteiger partial charge in [0, 0.05) is 43.8 Å². The molecule has 0 spiro atoms. The van der Waals surface area contributed by atoms with Crippen LogP contribution >= 0.6 is 11.6 Å². The summed E-state index contributed by atoms with van der Waals surface area (Å²) in [5.74, 6) is 1.58. The van der Waals surface area contributed by atoms with E-state index in [4.69, 9.17) is 16.3 Å².